The molecule has 10 nitrogen and oxygen atoms in total. The Morgan fingerprint density at radius 2 is 1.68 bits per heavy atom. The van der Waals surface area contributed by atoms with Crippen molar-refractivity contribution >= 4 is 56.4 Å². The lowest BCUT2D eigenvalue weighted by Gasteiger charge is -2.32. The molecule has 1 atom stereocenters. The van der Waals surface area contributed by atoms with Crippen molar-refractivity contribution in [2.45, 2.75) is 44.2 Å². The van der Waals surface area contributed by atoms with Crippen molar-refractivity contribution in [2.75, 3.05) is 17.4 Å². The number of halogens is 2. The minimum Gasteiger partial charge on any atom is -0.354 e. The van der Waals surface area contributed by atoms with Gasteiger partial charge in [0, 0.05) is 35.3 Å². The summed E-state index contributed by atoms with van der Waals surface area (Å²) in [4.78, 5) is 38.6. The zero-order chi connectivity index (χ0) is 30.2. The van der Waals surface area contributed by atoms with Crippen LogP contribution in [0.5, 0.6) is 0 Å². The highest BCUT2D eigenvalue weighted by atomic mass is 35.5. The van der Waals surface area contributed by atoms with E-state index >= 15 is 0 Å². The summed E-state index contributed by atoms with van der Waals surface area (Å²) in [6.45, 7) is 3.16. The summed E-state index contributed by atoms with van der Waals surface area (Å²) in [5.74, 6) is -1.10. The summed E-state index contributed by atoms with van der Waals surface area (Å²) in [7, 11) is -4.29. The Morgan fingerprint density at radius 1 is 1.02 bits per heavy atom. The van der Waals surface area contributed by atoms with Gasteiger partial charge in [-0.3, -0.25) is 24.0 Å². The number of nitro groups is 1. The van der Waals surface area contributed by atoms with E-state index in [2.05, 4.69) is 5.32 Å². The molecule has 0 saturated heterocycles. The van der Waals surface area contributed by atoms with Crippen molar-refractivity contribution in [1.82, 2.24) is 10.2 Å². The predicted molar refractivity (Wildman–Crippen MR) is 158 cm³/mol. The number of hydrogen-bond acceptors (Lipinski definition) is 6. The molecular weight excluding hydrogens is 591 g/mol. The number of carbonyl (C=O) groups excluding carboxylic acids is 2. The molecule has 0 aliphatic rings. The zero-order valence-electron chi connectivity index (χ0n) is 22.5. The molecule has 3 aromatic carbocycles. The van der Waals surface area contributed by atoms with E-state index in [1.54, 1.807) is 37.3 Å². The molecule has 1 N–H and O–H groups in total. The SMILES string of the molecule is CCCCNC(=O)[C@H](C)N(Cc1ccc(Cl)cc1Cl)C(=O)CN(c1ccc([N+](=O)[O-])cc1)S(=O)(=O)c1ccccc1. The number of nitrogens with zero attached hydrogens (tertiary/aromatic N) is 3. The molecule has 13 heteroatoms. The second kappa shape index (κ2) is 14.3. The van der Waals surface area contributed by atoms with E-state index in [9.17, 15) is 28.1 Å². The van der Waals surface area contributed by atoms with Gasteiger partial charge in [-0.05, 0) is 55.3 Å². The molecule has 2 amide bonds. The maximum absolute atomic E-state index is 13.9. The Labute approximate surface area is 249 Å². The Morgan fingerprint density at radius 3 is 2.27 bits per heavy atom. The van der Waals surface area contributed by atoms with Gasteiger partial charge in [0.15, 0.2) is 0 Å². The number of rotatable bonds is 13. The number of nitrogens with one attached hydrogen (secondary N) is 1. The molecule has 0 unspecified atom stereocenters. The van der Waals surface area contributed by atoms with Crippen molar-refractivity contribution in [3.8, 4) is 0 Å². The van der Waals surface area contributed by atoms with Gasteiger partial charge in [-0.1, -0.05) is 60.8 Å². The lowest BCUT2D eigenvalue weighted by Crippen LogP contribution is -2.51. The van der Waals surface area contributed by atoms with Crippen LogP contribution < -0.4 is 9.62 Å². The summed E-state index contributed by atoms with van der Waals surface area (Å²) in [6.07, 6.45) is 1.61. The fourth-order valence-corrected chi connectivity index (χ4v) is 5.84. The summed E-state index contributed by atoms with van der Waals surface area (Å²) in [5.41, 5.74) is 0.302. The Bertz CT molecular complexity index is 1490. The smallest absolute Gasteiger partial charge is 0.269 e. The van der Waals surface area contributed by atoms with E-state index in [0.29, 0.717) is 17.1 Å². The van der Waals surface area contributed by atoms with Crippen LogP contribution >= 0.6 is 23.2 Å². The summed E-state index contributed by atoms with van der Waals surface area (Å²) < 4.78 is 28.4. The maximum Gasteiger partial charge on any atom is 0.269 e. The van der Waals surface area contributed by atoms with E-state index in [-0.39, 0.29) is 27.8 Å². The van der Waals surface area contributed by atoms with E-state index < -0.39 is 39.3 Å². The maximum atomic E-state index is 13.9. The first-order chi connectivity index (χ1) is 19.4. The van der Waals surface area contributed by atoms with Crippen molar-refractivity contribution in [3.63, 3.8) is 0 Å². The van der Waals surface area contributed by atoms with Crippen LogP contribution in [0.1, 0.15) is 32.3 Å². The highest BCUT2D eigenvalue weighted by Crippen LogP contribution is 2.27. The minimum atomic E-state index is -4.29. The zero-order valence-corrected chi connectivity index (χ0v) is 24.8. The Hall–Kier alpha value is -3.67. The minimum absolute atomic E-state index is 0.0392. The number of anilines is 1. The average Bonchev–Trinajstić information content (AvgIpc) is 2.95. The molecule has 0 saturated carbocycles. The molecule has 0 aliphatic heterocycles. The number of non-ortho nitro benzene ring substituents is 1. The molecule has 0 heterocycles. The summed E-state index contributed by atoms with van der Waals surface area (Å²) in [6, 6.07) is 16.1. The fraction of sp³-hybridized carbons (Fsp3) is 0.286. The Kier molecular flexibility index (Phi) is 11.1. The van der Waals surface area contributed by atoms with Gasteiger partial charge in [-0.2, -0.15) is 0 Å². The van der Waals surface area contributed by atoms with Crippen LogP contribution in [0, 0.1) is 10.1 Å². The second-order valence-corrected chi connectivity index (χ2v) is 11.9. The number of hydrogen-bond donors (Lipinski definition) is 1. The van der Waals surface area contributed by atoms with Crippen LogP contribution in [0.15, 0.2) is 77.7 Å². The molecule has 0 aromatic heterocycles. The third kappa shape index (κ3) is 8.18. The van der Waals surface area contributed by atoms with Crippen molar-refractivity contribution < 1.29 is 22.9 Å². The van der Waals surface area contributed by atoms with Crippen LogP contribution in [0.3, 0.4) is 0 Å². The Balaban J connectivity index is 2.03. The van der Waals surface area contributed by atoms with Gasteiger partial charge in [0.05, 0.1) is 15.5 Å². The van der Waals surface area contributed by atoms with Crippen LogP contribution in [-0.2, 0) is 26.2 Å². The fourth-order valence-electron chi connectivity index (χ4n) is 3.94. The van der Waals surface area contributed by atoms with Crippen molar-refractivity contribution in [2.24, 2.45) is 0 Å². The van der Waals surface area contributed by atoms with Crippen LogP contribution in [0.4, 0.5) is 11.4 Å². The molecular formula is C28H30Cl2N4O6S. The largest absolute Gasteiger partial charge is 0.354 e. The quantitative estimate of drug-likeness (QED) is 0.154. The summed E-state index contributed by atoms with van der Waals surface area (Å²) >= 11 is 12.4. The first-order valence-corrected chi connectivity index (χ1v) is 15.0. The highest BCUT2D eigenvalue weighted by molar-refractivity contribution is 7.92. The van der Waals surface area contributed by atoms with Gasteiger partial charge < -0.3 is 10.2 Å². The number of amides is 2. The molecule has 41 heavy (non-hydrogen) atoms. The number of unbranched alkanes of at least 4 members (excludes halogenated alkanes) is 1. The molecule has 3 rings (SSSR count). The number of benzene rings is 3. The predicted octanol–water partition coefficient (Wildman–Crippen LogP) is 5.43. The third-order valence-electron chi connectivity index (χ3n) is 6.31. The molecule has 3 aromatic rings. The molecule has 218 valence electrons. The van der Waals surface area contributed by atoms with Gasteiger partial charge in [-0.15, -0.1) is 0 Å². The average molecular weight is 622 g/mol. The first kappa shape index (κ1) is 31.9. The lowest BCUT2D eigenvalue weighted by atomic mass is 10.1. The monoisotopic (exact) mass is 620 g/mol. The van der Waals surface area contributed by atoms with Crippen molar-refractivity contribution in [3.05, 3.63) is 98.5 Å². The highest BCUT2D eigenvalue weighted by Gasteiger charge is 2.33. The molecule has 0 aliphatic carbocycles. The first-order valence-electron chi connectivity index (χ1n) is 12.8. The van der Waals surface area contributed by atoms with Crippen molar-refractivity contribution in [1.29, 1.82) is 0 Å². The van der Waals surface area contributed by atoms with Crippen LogP contribution in [-0.4, -0.2) is 49.2 Å². The standard InChI is InChI=1S/C28H30Cl2N4O6S/c1-3-4-16-31-28(36)20(2)32(18-21-10-11-22(29)17-26(21)30)27(35)19-33(23-12-14-24(15-13-23)34(37)38)41(39,40)25-8-6-5-7-9-25/h5-15,17,20H,3-4,16,18-19H2,1-2H3,(H,31,36)/t20-/m0/s1. The van der Waals surface area contributed by atoms with E-state index in [1.165, 1.54) is 35.2 Å². The lowest BCUT2D eigenvalue weighted by molar-refractivity contribution is -0.384. The normalized spacial score (nSPS) is 11.9. The van der Waals surface area contributed by atoms with Gasteiger partial charge >= 0.3 is 0 Å². The molecule has 0 bridgehead atoms. The molecule has 0 fully saturated rings. The van der Waals surface area contributed by atoms with Gasteiger partial charge in [0.1, 0.15) is 12.6 Å². The van der Waals surface area contributed by atoms with Gasteiger partial charge in [0.2, 0.25) is 11.8 Å². The number of sulfonamides is 1. The van der Waals surface area contributed by atoms with E-state index in [1.807, 2.05) is 6.92 Å². The van der Waals surface area contributed by atoms with Crippen LogP contribution in [0.2, 0.25) is 10.0 Å². The van der Waals surface area contributed by atoms with Crippen LogP contribution in [0.25, 0.3) is 0 Å². The summed E-state index contributed by atoms with van der Waals surface area (Å²) in [5, 5.41) is 14.6. The molecule has 0 radical (unpaired) electrons. The van der Waals surface area contributed by atoms with Gasteiger partial charge in [-0.25, -0.2) is 8.42 Å². The van der Waals surface area contributed by atoms with E-state index in [4.69, 9.17) is 23.2 Å². The third-order valence-corrected chi connectivity index (χ3v) is 8.69. The number of nitro benzene ring substituents is 1. The van der Waals surface area contributed by atoms with Gasteiger partial charge in [0.25, 0.3) is 15.7 Å². The topological polar surface area (TPSA) is 130 Å². The number of carbonyl (C=O) groups is 2. The second-order valence-electron chi connectivity index (χ2n) is 9.18. The molecule has 0 spiro atoms. The van der Waals surface area contributed by atoms with E-state index in [0.717, 1.165) is 29.3 Å².